The Morgan fingerprint density at radius 2 is 1.36 bits per heavy atom. The van der Waals surface area contributed by atoms with Gasteiger partial charge in [0.15, 0.2) is 11.5 Å². The SMILES string of the molecule is COc1cc(C(CNCc2ccccc2)N2CC(C(F)(F)F)N(C3CCCCC3)C(C(F)(F)F)C2)cc(OC)c1OC. The van der Waals surface area contributed by atoms with Crippen LogP contribution in [-0.4, -0.2) is 81.2 Å². The first-order chi connectivity index (χ1) is 20.0. The molecule has 42 heavy (non-hydrogen) atoms. The van der Waals surface area contributed by atoms with E-state index in [0.29, 0.717) is 37.8 Å². The van der Waals surface area contributed by atoms with Gasteiger partial charge in [0, 0.05) is 38.3 Å². The molecule has 0 bridgehead atoms. The van der Waals surface area contributed by atoms with Crippen molar-refractivity contribution in [3.8, 4) is 17.2 Å². The molecular formula is C30H39F6N3O3. The first kappa shape index (κ1) is 32.2. The van der Waals surface area contributed by atoms with Crippen LogP contribution in [0, 0.1) is 0 Å². The van der Waals surface area contributed by atoms with Crippen LogP contribution >= 0.6 is 0 Å². The molecule has 4 rings (SSSR count). The number of ether oxygens (including phenoxy) is 3. The van der Waals surface area contributed by atoms with Crippen molar-refractivity contribution in [2.75, 3.05) is 41.0 Å². The maximum Gasteiger partial charge on any atom is 0.405 e. The number of hydrogen-bond donors (Lipinski definition) is 1. The van der Waals surface area contributed by atoms with E-state index in [2.05, 4.69) is 5.32 Å². The molecule has 3 unspecified atom stereocenters. The van der Waals surface area contributed by atoms with Gasteiger partial charge in [-0.15, -0.1) is 0 Å². The van der Waals surface area contributed by atoms with E-state index in [1.807, 2.05) is 30.3 Å². The lowest BCUT2D eigenvalue weighted by Crippen LogP contribution is -2.70. The van der Waals surface area contributed by atoms with Crippen molar-refractivity contribution >= 4 is 0 Å². The van der Waals surface area contributed by atoms with Crippen molar-refractivity contribution < 1.29 is 40.6 Å². The Kier molecular flexibility index (Phi) is 10.5. The molecule has 0 radical (unpaired) electrons. The summed E-state index contributed by atoms with van der Waals surface area (Å²) in [6.45, 7) is -0.719. The number of rotatable bonds is 10. The Labute approximate surface area is 242 Å². The fraction of sp³-hybridized carbons (Fsp3) is 0.600. The first-order valence-electron chi connectivity index (χ1n) is 14.2. The van der Waals surface area contributed by atoms with E-state index >= 15 is 0 Å². The Morgan fingerprint density at radius 3 is 1.83 bits per heavy atom. The van der Waals surface area contributed by atoms with Crippen LogP contribution in [-0.2, 0) is 6.54 Å². The molecule has 12 heteroatoms. The summed E-state index contributed by atoms with van der Waals surface area (Å²) in [4.78, 5) is 2.05. The molecule has 1 N–H and O–H groups in total. The van der Waals surface area contributed by atoms with Crippen molar-refractivity contribution in [3.05, 3.63) is 53.6 Å². The largest absolute Gasteiger partial charge is 0.493 e. The zero-order chi connectivity index (χ0) is 30.5. The van der Waals surface area contributed by atoms with E-state index in [9.17, 15) is 26.3 Å². The van der Waals surface area contributed by atoms with Crippen molar-refractivity contribution in [1.29, 1.82) is 0 Å². The molecule has 3 atom stereocenters. The molecule has 0 aromatic heterocycles. The van der Waals surface area contributed by atoms with Crippen LogP contribution in [0.2, 0.25) is 0 Å². The summed E-state index contributed by atoms with van der Waals surface area (Å²) < 4.78 is 104. The number of halogens is 6. The van der Waals surface area contributed by atoms with Crippen LogP contribution in [0.25, 0.3) is 0 Å². The Hall–Kier alpha value is -2.70. The number of alkyl halides is 6. The van der Waals surface area contributed by atoms with Gasteiger partial charge in [0.1, 0.15) is 12.1 Å². The second-order valence-electron chi connectivity index (χ2n) is 10.9. The van der Waals surface area contributed by atoms with Gasteiger partial charge in [-0.3, -0.25) is 9.80 Å². The predicted molar refractivity (Wildman–Crippen MR) is 147 cm³/mol. The first-order valence-corrected chi connectivity index (χ1v) is 14.2. The second kappa shape index (κ2) is 13.7. The summed E-state index contributed by atoms with van der Waals surface area (Å²) in [5.74, 6) is 0.809. The average molecular weight is 604 g/mol. The number of nitrogens with one attached hydrogen (secondary N) is 1. The highest BCUT2D eigenvalue weighted by molar-refractivity contribution is 5.54. The quantitative estimate of drug-likeness (QED) is 0.319. The van der Waals surface area contributed by atoms with Gasteiger partial charge in [0.25, 0.3) is 0 Å². The summed E-state index contributed by atoms with van der Waals surface area (Å²) >= 11 is 0. The number of nitrogens with zero attached hydrogens (tertiary/aromatic N) is 2. The van der Waals surface area contributed by atoms with E-state index in [1.54, 1.807) is 12.1 Å². The molecule has 0 spiro atoms. The van der Waals surface area contributed by atoms with Gasteiger partial charge < -0.3 is 19.5 Å². The molecule has 1 aliphatic heterocycles. The summed E-state index contributed by atoms with van der Waals surface area (Å²) in [6, 6.07) is 6.40. The molecule has 2 aromatic rings. The molecule has 0 amide bonds. The highest BCUT2D eigenvalue weighted by atomic mass is 19.4. The van der Waals surface area contributed by atoms with Crippen LogP contribution in [0.1, 0.15) is 49.3 Å². The van der Waals surface area contributed by atoms with E-state index in [4.69, 9.17) is 14.2 Å². The molecule has 1 saturated carbocycles. The third-order valence-corrected chi connectivity index (χ3v) is 8.31. The van der Waals surface area contributed by atoms with Gasteiger partial charge in [-0.05, 0) is 36.1 Å². The van der Waals surface area contributed by atoms with Gasteiger partial charge in [0.05, 0.1) is 21.3 Å². The lowest BCUT2D eigenvalue weighted by molar-refractivity contribution is -0.266. The molecular weight excluding hydrogens is 564 g/mol. The highest BCUT2D eigenvalue weighted by Gasteiger charge is 2.58. The van der Waals surface area contributed by atoms with Crippen LogP contribution in [0.5, 0.6) is 17.2 Å². The lowest BCUT2D eigenvalue weighted by Gasteiger charge is -2.53. The molecule has 2 aliphatic rings. The number of benzene rings is 2. The maximum atomic E-state index is 14.6. The molecule has 2 aromatic carbocycles. The molecule has 234 valence electrons. The van der Waals surface area contributed by atoms with E-state index in [-0.39, 0.29) is 23.8 Å². The zero-order valence-electron chi connectivity index (χ0n) is 24.1. The van der Waals surface area contributed by atoms with Gasteiger partial charge in [0.2, 0.25) is 5.75 Å². The number of piperazine rings is 1. The highest BCUT2D eigenvalue weighted by Crippen LogP contribution is 2.44. The predicted octanol–water partition coefficient (Wildman–Crippen LogP) is 6.36. The number of hydrogen-bond acceptors (Lipinski definition) is 6. The van der Waals surface area contributed by atoms with E-state index in [0.717, 1.165) is 16.9 Å². The lowest BCUT2D eigenvalue weighted by atomic mass is 9.89. The van der Waals surface area contributed by atoms with Crippen LogP contribution in [0.4, 0.5) is 26.3 Å². The fourth-order valence-corrected chi connectivity index (χ4v) is 6.31. The minimum Gasteiger partial charge on any atom is -0.493 e. The van der Waals surface area contributed by atoms with Gasteiger partial charge >= 0.3 is 12.4 Å². The summed E-state index contributed by atoms with van der Waals surface area (Å²) in [5, 5.41) is 3.25. The summed E-state index contributed by atoms with van der Waals surface area (Å²) in [6.07, 6.45) is -6.98. The Morgan fingerprint density at radius 1 is 0.810 bits per heavy atom. The van der Waals surface area contributed by atoms with Gasteiger partial charge in [-0.2, -0.15) is 26.3 Å². The van der Waals surface area contributed by atoms with Crippen molar-refractivity contribution in [2.45, 2.75) is 75.2 Å². The van der Waals surface area contributed by atoms with E-state index < -0.39 is 49.6 Å². The van der Waals surface area contributed by atoms with Crippen molar-refractivity contribution in [1.82, 2.24) is 15.1 Å². The van der Waals surface area contributed by atoms with Crippen molar-refractivity contribution in [3.63, 3.8) is 0 Å². The minimum absolute atomic E-state index is 0.0894. The molecule has 2 fully saturated rings. The van der Waals surface area contributed by atoms with Crippen LogP contribution in [0.3, 0.4) is 0 Å². The summed E-state index contributed by atoms with van der Waals surface area (Å²) in [7, 11) is 4.24. The molecule has 1 saturated heterocycles. The van der Waals surface area contributed by atoms with Crippen LogP contribution in [0.15, 0.2) is 42.5 Å². The zero-order valence-corrected chi connectivity index (χ0v) is 24.1. The Bertz CT molecular complexity index is 1090. The molecule has 1 heterocycles. The molecule has 1 aliphatic carbocycles. The standard InChI is InChI=1S/C30H39F6N3O3/c1-40-24-14-21(15-25(41-2)28(24)42-3)23(17-37-16-20-10-6-4-7-11-20)38-18-26(29(31,32)33)39(22-12-8-5-9-13-22)27(19-38)30(34,35)36/h4,6-7,10-11,14-15,22-23,26-27,37H,5,8-9,12-13,16-19H2,1-3H3. The van der Waals surface area contributed by atoms with Crippen molar-refractivity contribution in [2.24, 2.45) is 0 Å². The monoisotopic (exact) mass is 603 g/mol. The second-order valence-corrected chi connectivity index (χ2v) is 10.9. The molecule has 6 nitrogen and oxygen atoms in total. The third kappa shape index (κ3) is 7.44. The smallest absolute Gasteiger partial charge is 0.405 e. The summed E-state index contributed by atoms with van der Waals surface area (Å²) in [5.41, 5.74) is 1.39. The third-order valence-electron chi connectivity index (χ3n) is 8.31. The maximum absolute atomic E-state index is 14.6. The van der Waals surface area contributed by atoms with Crippen LogP contribution < -0.4 is 19.5 Å². The average Bonchev–Trinajstić information content (AvgIpc) is 2.98. The normalized spacial score (nSPS) is 22.1. The number of methoxy groups -OCH3 is 3. The van der Waals surface area contributed by atoms with Gasteiger partial charge in [-0.1, -0.05) is 49.6 Å². The minimum atomic E-state index is -4.85. The fourth-order valence-electron chi connectivity index (χ4n) is 6.31. The Balaban J connectivity index is 1.75. The van der Waals surface area contributed by atoms with Gasteiger partial charge in [-0.25, -0.2) is 0 Å². The van der Waals surface area contributed by atoms with E-state index in [1.165, 1.54) is 26.2 Å². The topological polar surface area (TPSA) is 46.2 Å².